The number of hydrogen-bond acceptors (Lipinski definition) is 3. The maximum atomic E-state index is 12.6. The van der Waals surface area contributed by atoms with Crippen molar-refractivity contribution < 1.29 is 4.79 Å². The fourth-order valence-corrected chi connectivity index (χ4v) is 2.61. The highest BCUT2D eigenvalue weighted by molar-refractivity contribution is 5.97. The molecule has 5 nitrogen and oxygen atoms in total. The third kappa shape index (κ3) is 3.66. The van der Waals surface area contributed by atoms with Crippen molar-refractivity contribution in [2.24, 2.45) is 0 Å². The highest BCUT2D eigenvalue weighted by atomic mass is 16.2. The van der Waals surface area contributed by atoms with Crippen LogP contribution >= 0.6 is 0 Å². The molecule has 3 rings (SSSR count). The number of para-hydroxylation sites is 1. The first-order valence-electron chi connectivity index (χ1n) is 8.08. The van der Waals surface area contributed by atoms with E-state index in [9.17, 15) is 9.59 Å². The molecular weight excluding hydrogens is 314 g/mol. The molecule has 0 radical (unpaired) electrons. The predicted octanol–water partition coefficient (Wildman–Crippen LogP) is 3.42. The molecular formula is C20H19N3O2. The van der Waals surface area contributed by atoms with Gasteiger partial charge in [0.25, 0.3) is 5.56 Å². The van der Waals surface area contributed by atoms with E-state index in [1.165, 1.54) is 10.7 Å². The van der Waals surface area contributed by atoms with Crippen molar-refractivity contribution >= 4 is 11.6 Å². The zero-order valence-corrected chi connectivity index (χ0v) is 14.1. The molecule has 1 atom stereocenters. The van der Waals surface area contributed by atoms with Gasteiger partial charge in [0.2, 0.25) is 5.91 Å². The van der Waals surface area contributed by atoms with E-state index in [2.05, 4.69) is 10.4 Å². The zero-order chi connectivity index (χ0) is 17.8. The van der Waals surface area contributed by atoms with Gasteiger partial charge in [-0.3, -0.25) is 9.59 Å². The van der Waals surface area contributed by atoms with E-state index in [1.54, 1.807) is 19.9 Å². The number of anilines is 1. The van der Waals surface area contributed by atoms with Crippen molar-refractivity contribution in [2.75, 3.05) is 5.32 Å². The van der Waals surface area contributed by atoms with Gasteiger partial charge in [-0.25, -0.2) is 4.68 Å². The molecule has 0 spiro atoms. The second-order valence-corrected chi connectivity index (χ2v) is 5.83. The molecule has 0 saturated heterocycles. The van der Waals surface area contributed by atoms with Gasteiger partial charge >= 0.3 is 0 Å². The fraction of sp³-hybridized carbons (Fsp3) is 0.150. The SMILES string of the molecule is Cc1ccc(=O)n(C(C)C(=O)Nc2ccccc2-c2ccccc2)n1. The quantitative estimate of drug-likeness (QED) is 0.796. The Labute approximate surface area is 145 Å². The van der Waals surface area contributed by atoms with Crippen LogP contribution in [0.4, 0.5) is 5.69 Å². The smallest absolute Gasteiger partial charge is 0.267 e. The Morgan fingerprint density at radius 2 is 1.68 bits per heavy atom. The number of nitrogens with zero attached hydrogens (tertiary/aromatic N) is 2. The van der Waals surface area contributed by atoms with Crippen LogP contribution in [0.3, 0.4) is 0 Å². The highest BCUT2D eigenvalue weighted by Crippen LogP contribution is 2.28. The number of amides is 1. The van der Waals surface area contributed by atoms with E-state index < -0.39 is 6.04 Å². The Hall–Kier alpha value is -3.21. The first-order chi connectivity index (χ1) is 12.1. The Balaban J connectivity index is 1.89. The van der Waals surface area contributed by atoms with Gasteiger partial charge in [0.15, 0.2) is 0 Å². The molecule has 0 aliphatic carbocycles. The lowest BCUT2D eigenvalue weighted by atomic mass is 10.0. The largest absolute Gasteiger partial charge is 0.324 e. The summed E-state index contributed by atoms with van der Waals surface area (Å²) in [6, 6.07) is 19.8. The minimum absolute atomic E-state index is 0.288. The molecule has 1 amide bonds. The van der Waals surface area contributed by atoms with E-state index in [0.29, 0.717) is 11.4 Å². The van der Waals surface area contributed by atoms with Crippen molar-refractivity contribution in [3.05, 3.63) is 82.8 Å². The van der Waals surface area contributed by atoms with Gasteiger partial charge in [0, 0.05) is 17.3 Å². The summed E-state index contributed by atoms with van der Waals surface area (Å²) in [6.45, 7) is 3.44. The molecule has 1 unspecified atom stereocenters. The minimum atomic E-state index is -0.712. The maximum absolute atomic E-state index is 12.6. The van der Waals surface area contributed by atoms with Crippen molar-refractivity contribution in [2.45, 2.75) is 19.9 Å². The molecule has 2 aromatic carbocycles. The summed E-state index contributed by atoms with van der Waals surface area (Å²) in [5, 5.41) is 7.07. The number of hydrogen-bond donors (Lipinski definition) is 1. The summed E-state index contributed by atoms with van der Waals surface area (Å²) in [4.78, 5) is 24.6. The number of aryl methyl sites for hydroxylation is 1. The van der Waals surface area contributed by atoms with Crippen LogP contribution < -0.4 is 10.9 Å². The van der Waals surface area contributed by atoms with E-state index >= 15 is 0 Å². The molecule has 0 saturated carbocycles. The second kappa shape index (κ2) is 7.13. The molecule has 0 bridgehead atoms. The van der Waals surface area contributed by atoms with Crippen molar-refractivity contribution in [3.8, 4) is 11.1 Å². The van der Waals surface area contributed by atoms with E-state index in [0.717, 1.165) is 11.1 Å². The molecule has 5 heteroatoms. The minimum Gasteiger partial charge on any atom is -0.324 e. The number of carbonyl (C=O) groups excluding carboxylic acids is 1. The third-order valence-corrected chi connectivity index (χ3v) is 3.97. The van der Waals surface area contributed by atoms with Crippen LogP contribution in [0.5, 0.6) is 0 Å². The summed E-state index contributed by atoms with van der Waals surface area (Å²) < 4.78 is 1.20. The van der Waals surface area contributed by atoms with Gasteiger partial charge in [-0.05, 0) is 31.5 Å². The Morgan fingerprint density at radius 1 is 1.00 bits per heavy atom. The van der Waals surface area contributed by atoms with Crippen LogP contribution in [0.1, 0.15) is 18.7 Å². The van der Waals surface area contributed by atoms with Crippen molar-refractivity contribution in [3.63, 3.8) is 0 Å². The first-order valence-corrected chi connectivity index (χ1v) is 8.08. The van der Waals surface area contributed by atoms with E-state index in [-0.39, 0.29) is 11.5 Å². The highest BCUT2D eigenvalue weighted by Gasteiger charge is 2.18. The average molecular weight is 333 g/mol. The molecule has 3 aromatic rings. The van der Waals surface area contributed by atoms with Gasteiger partial charge in [0.1, 0.15) is 6.04 Å². The van der Waals surface area contributed by atoms with Crippen LogP contribution in [0.25, 0.3) is 11.1 Å². The summed E-state index contributed by atoms with van der Waals surface area (Å²) in [7, 11) is 0. The third-order valence-electron chi connectivity index (χ3n) is 3.97. The molecule has 1 N–H and O–H groups in total. The van der Waals surface area contributed by atoms with E-state index in [1.807, 2.05) is 54.6 Å². The summed E-state index contributed by atoms with van der Waals surface area (Å²) in [6.07, 6.45) is 0. The number of carbonyl (C=O) groups is 1. The lowest BCUT2D eigenvalue weighted by Crippen LogP contribution is -2.33. The van der Waals surface area contributed by atoms with Crippen molar-refractivity contribution in [1.29, 1.82) is 0 Å². The average Bonchev–Trinajstić information content (AvgIpc) is 2.64. The summed E-state index contributed by atoms with van der Waals surface area (Å²) in [5.74, 6) is -0.288. The molecule has 0 aliphatic rings. The van der Waals surface area contributed by atoms with E-state index in [4.69, 9.17) is 0 Å². The summed E-state index contributed by atoms with van der Waals surface area (Å²) in [5.41, 5.74) is 3.02. The van der Waals surface area contributed by atoms with Crippen molar-refractivity contribution in [1.82, 2.24) is 9.78 Å². The fourth-order valence-electron chi connectivity index (χ4n) is 2.61. The van der Waals surface area contributed by atoms with Gasteiger partial charge < -0.3 is 5.32 Å². The van der Waals surface area contributed by atoms with Gasteiger partial charge in [0.05, 0.1) is 5.69 Å². The predicted molar refractivity (Wildman–Crippen MR) is 98.5 cm³/mol. The molecule has 0 fully saturated rings. The first kappa shape index (κ1) is 16.6. The van der Waals surface area contributed by atoms with Crippen LogP contribution in [0, 0.1) is 6.92 Å². The zero-order valence-electron chi connectivity index (χ0n) is 14.1. The monoisotopic (exact) mass is 333 g/mol. The van der Waals surface area contributed by atoms with Crippen LogP contribution in [-0.4, -0.2) is 15.7 Å². The van der Waals surface area contributed by atoms with Gasteiger partial charge in [-0.1, -0.05) is 48.5 Å². The van der Waals surface area contributed by atoms with Gasteiger partial charge in [-0.15, -0.1) is 0 Å². The number of aromatic nitrogens is 2. The second-order valence-electron chi connectivity index (χ2n) is 5.83. The van der Waals surface area contributed by atoms with Crippen LogP contribution in [-0.2, 0) is 4.79 Å². The number of nitrogens with one attached hydrogen (secondary N) is 1. The topological polar surface area (TPSA) is 64.0 Å². The Bertz CT molecular complexity index is 948. The van der Waals surface area contributed by atoms with Crippen LogP contribution in [0.15, 0.2) is 71.5 Å². The summed E-state index contributed by atoms with van der Waals surface area (Å²) >= 11 is 0. The molecule has 1 aromatic heterocycles. The molecule has 25 heavy (non-hydrogen) atoms. The number of rotatable bonds is 4. The number of benzene rings is 2. The lowest BCUT2D eigenvalue weighted by molar-refractivity contribution is -0.119. The van der Waals surface area contributed by atoms with Crippen LogP contribution in [0.2, 0.25) is 0 Å². The maximum Gasteiger partial charge on any atom is 0.267 e. The Morgan fingerprint density at radius 3 is 2.44 bits per heavy atom. The normalized spacial score (nSPS) is 11.8. The Kier molecular flexibility index (Phi) is 4.75. The molecule has 126 valence electrons. The molecule has 0 aliphatic heterocycles. The standard InChI is InChI=1S/C20H19N3O2/c1-14-12-13-19(24)23(22-14)15(2)20(25)21-18-11-7-6-10-17(18)16-8-4-3-5-9-16/h3-13,15H,1-2H3,(H,21,25). The lowest BCUT2D eigenvalue weighted by Gasteiger charge is -2.16. The van der Waals surface area contributed by atoms with Gasteiger partial charge in [-0.2, -0.15) is 5.10 Å². The molecule has 1 heterocycles.